The Balaban J connectivity index is 2.26. The Bertz CT molecular complexity index is 450. The second-order valence-electron chi connectivity index (χ2n) is 5.45. The molecule has 0 bridgehead atoms. The van der Waals surface area contributed by atoms with Gasteiger partial charge in [-0.05, 0) is 46.5 Å². The van der Waals surface area contributed by atoms with Gasteiger partial charge in [-0.1, -0.05) is 0 Å². The first-order valence-electron chi connectivity index (χ1n) is 7.64. The van der Waals surface area contributed by atoms with E-state index in [0.29, 0.717) is 6.04 Å². The third-order valence-corrected chi connectivity index (χ3v) is 3.92. The largest absolute Gasteiger partial charge is 0.396 e. The van der Waals surface area contributed by atoms with Gasteiger partial charge in [0.2, 0.25) is 0 Å². The van der Waals surface area contributed by atoms with Crippen LogP contribution >= 0.6 is 0 Å². The second kappa shape index (κ2) is 6.88. The van der Waals surface area contributed by atoms with Crippen molar-refractivity contribution >= 4 is 11.6 Å². The molecule has 0 spiro atoms. The molecule has 1 aliphatic heterocycles. The summed E-state index contributed by atoms with van der Waals surface area (Å²) < 4.78 is 0. The molecule has 1 aliphatic rings. The maximum Gasteiger partial charge on any atom is 0.137 e. The molecule has 0 amide bonds. The van der Waals surface area contributed by atoms with Gasteiger partial charge in [0, 0.05) is 31.3 Å². The van der Waals surface area contributed by atoms with Crippen molar-refractivity contribution in [2.24, 2.45) is 0 Å². The van der Waals surface area contributed by atoms with E-state index in [1.807, 2.05) is 6.92 Å². The molecule has 1 saturated heterocycles. The minimum absolute atomic E-state index is 0.273. The predicted octanol–water partition coefficient (Wildman–Crippen LogP) is 2.27. The molecule has 0 aromatic carbocycles. The minimum Gasteiger partial charge on any atom is -0.396 e. The lowest BCUT2D eigenvalue weighted by Crippen LogP contribution is -2.31. The summed E-state index contributed by atoms with van der Waals surface area (Å²) in [5.41, 5.74) is 1.13. The lowest BCUT2D eigenvalue weighted by atomic mass is 10.1. The normalized spacial score (nSPS) is 18.6. The van der Waals surface area contributed by atoms with Gasteiger partial charge in [0.15, 0.2) is 0 Å². The topological polar surface area (TPSA) is 61.3 Å². The SMILES string of the molecule is CCNc1nc(C)nc(N2CCCC2CCCO)c1C. The van der Waals surface area contributed by atoms with Crippen molar-refractivity contribution in [2.75, 3.05) is 29.9 Å². The first kappa shape index (κ1) is 15.0. The van der Waals surface area contributed by atoms with Gasteiger partial charge in [-0.3, -0.25) is 0 Å². The Kier molecular flexibility index (Phi) is 5.17. The van der Waals surface area contributed by atoms with Gasteiger partial charge in [0.05, 0.1) is 0 Å². The van der Waals surface area contributed by atoms with Gasteiger partial charge in [-0.2, -0.15) is 0 Å². The van der Waals surface area contributed by atoms with Crippen LogP contribution < -0.4 is 10.2 Å². The Labute approximate surface area is 121 Å². The molecule has 5 nitrogen and oxygen atoms in total. The average Bonchev–Trinajstić information content (AvgIpc) is 2.88. The number of rotatable bonds is 6. The highest BCUT2D eigenvalue weighted by Crippen LogP contribution is 2.31. The molecule has 0 saturated carbocycles. The number of aliphatic hydroxyl groups is 1. The summed E-state index contributed by atoms with van der Waals surface area (Å²) in [4.78, 5) is 11.6. The zero-order valence-corrected chi connectivity index (χ0v) is 12.8. The van der Waals surface area contributed by atoms with E-state index >= 15 is 0 Å². The van der Waals surface area contributed by atoms with E-state index in [2.05, 4.69) is 34.0 Å². The standard InChI is InChI=1S/C15H26N4O/c1-4-16-14-11(2)15(18-12(3)17-14)19-9-5-7-13(19)8-6-10-20/h13,20H,4-10H2,1-3H3,(H,16,17,18). The van der Waals surface area contributed by atoms with Crippen molar-refractivity contribution in [2.45, 2.75) is 52.5 Å². The van der Waals surface area contributed by atoms with Crippen LogP contribution in [0.4, 0.5) is 11.6 Å². The lowest BCUT2D eigenvalue weighted by molar-refractivity contribution is 0.279. The third-order valence-electron chi connectivity index (χ3n) is 3.92. The summed E-state index contributed by atoms with van der Waals surface area (Å²) in [5, 5.41) is 12.4. The van der Waals surface area contributed by atoms with Gasteiger partial charge < -0.3 is 15.3 Å². The van der Waals surface area contributed by atoms with Crippen LogP contribution in [0, 0.1) is 13.8 Å². The number of anilines is 2. The van der Waals surface area contributed by atoms with Crippen LogP contribution in [0.5, 0.6) is 0 Å². The fraction of sp³-hybridized carbons (Fsp3) is 0.733. The van der Waals surface area contributed by atoms with Crippen LogP contribution in [0.15, 0.2) is 0 Å². The fourth-order valence-corrected chi connectivity index (χ4v) is 2.97. The van der Waals surface area contributed by atoms with E-state index in [0.717, 1.165) is 49.0 Å². The number of hydrogen-bond donors (Lipinski definition) is 2. The van der Waals surface area contributed by atoms with Crippen molar-refractivity contribution in [3.8, 4) is 0 Å². The molecular weight excluding hydrogens is 252 g/mol. The number of aromatic nitrogens is 2. The molecule has 2 rings (SSSR count). The smallest absolute Gasteiger partial charge is 0.137 e. The Morgan fingerprint density at radius 2 is 2.15 bits per heavy atom. The van der Waals surface area contributed by atoms with Crippen LogP contribution in [0.3, 0.4) is 0 Å². The second-order valence-corrected chi connectivity index (χ2v) is 5.45. The van der Waals surface area contributed by atoms with Crippen LogP contribution in [0.2, 0.25) is 0 Å². The molecule has 1 fully saturated rings. The summed E-state index contributed by atoms with van der Waals surface area (Å²) in [5.74, 6) is 2.83. The van der Waals surface area contributed by atoms with Crippen molar-refractivity contribution < 1.29 is 5.11 Å². The van der Waals surface area contributed by atoms with Gasteiger partial charge in [-0.25, -0.2) is 9.97 Å². The molecule has 112 valence electrons. The monoisotopic (exact) mass is 278 g/mol. The van der Waals surface area contributed by atoms with E-state index in [-0.39, 0.29) is 6.61 Å². The van der Waals surface area contributed by atoms with Crippen LogP contribution in [0.25, 0.3) is 0 Å². The zero-order valence-electron chi connectivity index (χ0n) is 12.8. The van der Waals surface area contributed by atoms with E-state index in [1.165, 1.54) is 12.8 Å². The van der Waals surface area contributed by atoms with Crippen LogP contribution in [-0.2, 0) is 0 Å². The molecule has 2 N–H and O–H groups in total. The van der Waals surface area contributed by atoms with Crippen molar-refractivity contribution in [3.63, 3.8) is 0 Å². The third kappa shape index (κ3) is 3.20. The van der Waals surface area contributed by atoms with Crippen LogP contribution in [0.1, 0.15) is 44.0 Å². The summed E-state index contributed by atoms with van der Waals surface area (Å²) in [6.07, 6.45) is 4.30. The van der Waals surface area contributed by atoms with Crippen LogP contribution in [-0.4, -0.2) is 40.8 Å². The molecule has 2 heterocycles. The molecule has 20 heavy (non-hydrogen) atoms. The lowest BCUT2D eigenvalue weighted by Gasteiger charge is -2.28. The Morgan fingerprint density at radius 1 is 1.35 bits per heavy atom. The van der Waals surface area contributed by atoms with E-state index in [9.17, 15) is 0 Å². The summed E-state index contributed by atoms with van der Waals surface area (Å²) in [6, 6.07) is 0.504. The highest BCUT2D eigenvalue weighted by molar-refractivity contribution is 5.59. The highest BCUT2D eigenvalue weighted by atomic mass is 16.2. The molecule has 1 atom stereocenters. The summed E-state index contributed by atoms with van der Waals surface area (Å²) in [7, 11) is 0. The number of hydrogen-bond acceptors (Lipinski definition) is 5. The van der Waals surface area contributed by atoms with E-state index in [4.69, 9.17) is 5.11 Å². The minimum atomic E-state index is 0.273. The molecule has 0 radical (unpaired) electrons. The predicted molar refractivity (Wildman–Crippen MR) is 82.4 cm³/mol. The van der Waals surface area contributed by atoms with Gasteiger partial charge in [0.25, 0.3) is 0 Å². The van der Waals surface area contributed by atoms with E-state index < -0.39 is 0 Å². The molecule has 0 aliphatic carbocycles. The quantitative estimate of drug-likeness (QED) is 0.836. The van der Waals surface area contributed by atoms with Gasteiger partial charge in [-0.15, -0.1) is 0 Å². The zero-order chi connectivity index (χ0) is 14.5. The highest BCUT2D eigenvalue weighted by Gasteiger charge is 2.27. The van der Waals surface area contributed by atoms with Crippen molar-refractivity contribution in [3.05, 3.63) is 11.4 Å². The number of aryl methyl sites for hydroxylation is 1. The maximum atomic E-state index is 9.04. The maximum absolute atomic E-state index is 9.04. The van der Waals surface area contributed by atoms with Gasteiger partial charge >= 0.3 is 0 Å². The molecular formula is C15H26N4O. The summed E-state index contributed by atoms with van der Waals surface area (Å²) in [6.45, 7) is 8.31. The first-order chi connectivity index (χ1) is 9.67. The Hall–Kier alpha value is -1.36. The number of nitrogens with one attached hydrogen (secondary N) is 1. The summed E-state index contributed by atoms with van der Waals surface area (Å²) >= 11 is 0. The number of nitrogens with zero attached hydrogens (tertiary/aromatic N) is 3. The molecule has 1 unspecified atom stereocenters. The molecule has 5 heteroatoms. The van der Waals surface area contributed by atoms with Crippen molar-refractivity contribution in [1.29, 1.82) is 0 Å². The van der Waals surface area contributed by atoms with E-state index in [1.54, 1.807) is 0 Å². The molecule has 1 aromatic heterocycles. The number of aliphatic hydroxyl groups excluding tert-OH is 1. The fourth-order valence-electron chi connectivity index (χ4n) is 2.97. The van der Waals surface area contributed by atoms with Crippen molar-refractivity contribution in [1.82, 2.24) is 9.97 Å². The van der Waals surface area contributed by atoms with Gasteiger partial charge in [0.1, 0.15) is 17.5 Å². The average molecular weight is 278 g/mol. The first-order valence-corrected chi connectivity index (χ1v) is 7.64. The molecule has 1 aromatic rings. The Morgan fingerprint density at radius 3 is 2.85 bits per heavy atom.